The molecule has 0 saturated carbocycles. The van der Waals surface area contributed by atoms with Crippen molar-refractivity contribution in [2.24, 2.45) is 10.7 Å². The van der Waals surface area contributed by atoms with E-state index >= 15 is 0 Å². The normalized spacial score (nSPS) is 11.2. The van der Waals surface area contributed by atoms with E-state index in [1.165, 1.54) is 0 Å². The highest BCUT2D eigenvalue weighted by Crippen LogP contribution is 2.16. The van der Waals surface area contributed by atoms with Gasteiger partial charge in [-0.3, -0.25) is 4.99 Å². The lowest BCUT2D eigenvalue weighted by atomic mass is 10.3. The second-order valence-corrected chi connectivity index (χ2v) is 4.27. The maximum atomic E-state index is 5.73. The highest BCUT2D eigenvalue weighted by molar-refractivity contribution is 5.77. The molecule has 3 N–H and O–H groups in total. The van der Waals surface area contributed by atoms with E-state index in [1.54, 1.807) is 7.11 Å². The van der Waals surface area contributed by atoms with Gasteiger partial charge in [0.1, 0.15) is 18.1 Å². The van der Waals surface area contributed by atoms with E-state index in [0.29, 0.717) is 32.3 Å². The van der Waals surface area contributed by atoms with Crippen LogP contribution in [0.3, 0.4) is 0 Å². The Balaban J connectivity index is 2.10. The molecule has 0 radical (unpaired) electrons. The molecule has 0 spiro atoms. The van der Waals surface area contributed by atoms with Crippen LogP contribution in [0.4, 0.5) is 0 Å². The van der Waals surface area contributed by atoms with Gasteiger partial charge in [-0.15, -0.1) is 0 Å². The summed E-state index contributed by atoms with van der Waals surface area (Å²) >= 11 is 0. The summed E-state index contributed by atoms with van der Waals surface area (Å²) in [6, 6.07) is 7.45. The average molecular weight is 295 g/mol. The molecule has 1 rings (SSSR count). The second kappa shape index (κ2) is 10.8. The Labute approximate surface area is 126 Å². The molecule has 0 saturated heterocycles. The fourth-order valence-electron chi connectivity index (χ4n) is 1.59. The Bertz CT molecular complexity index is 407. The van der Waals surface area contributed by atoms with E-state index in [1.807, 2.05) is 31.2 Å². The fraction of sp³-hybridized carbons (Fsp3) is 0.533. The summed E-state index contributed by atoms with van der Waals surface area (Å²) in [5.41, 5.74) is 5.73. The third kappa shape index (κ3) is 8.04. The molecule has 0 bridgehead atoms. The first-order valence-electron chi connectivity index (χ1n) is 7.14. The van der Waals surface area contributed by atoms with Gasteiger partial charge in [-0.25, -0.2) is 0 Å². The zero-order valence-electron chi connectivity index (χ0n) is 12.8. The molecule has 6 heteroatoms. The number of nitrogens with one attached hydrogen (secondary N) is 1. The maximum absolute atomic E-state index is 5.73. The third-order valence-electron chi connectivity index (χ3n) is 2.67. The fourth-order valence-corrected chi connectivity index (χ4v) is 1.59. The lowest BCUT2D eigenvalue weighted by Gasteiger charge is -2.08. The summed E-state index contributed by atoms with van der Waals surface area (Å²) in [7, 11) is 1.64. The molecule has 1 aromatic rings. The molecule has 0 heterocycles. The van der Waals surface area contributed by atoms with Gasteiger partial charge in [0.05, 0.1) is 13.7 Å². The zero-order chi connectivity index (χ0) is 15.3. The molecule has 0 aliphatic heterocycles. The molecule has 6 nitrogen and oxygen atoms in total. The van der Waals surface area contributed by atoms with Gasteiger partial charge in [-0.1, -0.05) is 0 Å². The van der Waals surface area contributed by atoms with Crippen LogP contribution in [-0.2, 0) is 4.74 Å². The number of rotatable bonds is 10. The third-order valence-corrected chi connectivity index (χ3v) is 2.67. The van der Waals surface area contributed by atoms with Crippen LogP contribution in [0.1, 0.15) is 13.3 Å². The number of nitrogens with two attached hydrogens (primary N) is 1. The molecule has 0 aliphatic carbocycles. The monoisotopic (exact) mass is 295 g/mol. The van der Waals surface area contributed by atoms with E-state index in [4.69, 9.17) is 19.9 Å². The minimum atomic E-state index is 0.435. The summed E-state index contributed by atoms with van der Waals surface area (Å²) < 4.78 is 15.9. The summed E-state index contributed by atoms with van der Waals surface area (Å²) in [5, 5.41) is 3.00. The van der Waals surface area contributed by atoms with Crippen LogP contribution in [-0.4, -0.2) is 46.0 Å². The molecule has 0 aliphatic rings. The van der Waals surface area contributed by atoms with Crippen LogP contribution in [0.15, 0.2) is 29.3 Å². The van der Waals surface area contributed by atoms with Crippen molar-refractivity contribution < 1.29 is 14.2 Å². The number of benzene rings is 1. The standard InChI is InChI=1S/C15H25N3O3/c1-3-20-11-4-9-17-15(16)18-10-12-21-14-7-5-13(19-2)6-8-14/h5-8H,3-4,9-12H2,1-2H3,(H3,16,17,18). The Morgan fingerprint density at radius 1 is 1.19 bits per heavy atom. The molecule has 1 aromatic carbocycles. The number of ether oxygens (including phenoxy) is 3. The Morgan fingerprint density at radius 3 is 2.57 bits per heavy atom. The molecular weight excluding hydrogens is 270 g/mol. The number of hydrogen-bond donors (Lipinski definition) is 2. The van der Waals surface area contributed by atoms with Crippen LogP contribution >= 0.6 is 0 Å². The summed E-state index contributed by atoms with van der Waals surface area (Å²) in [4.78, 5) is 4.19. The van der Waals surface area contributed by atoms with Crippen molar-refractivity contribution in [3.63, 3.8) is 0 Å². The minimum Gasteiger partial charge on any atom is -0.497 e. The highest BCUT2D eigenvalue weighted by Gasteiger charge is 1.96. The molecular formula is C15H25N3O3. The second-order valence-electron chi connectivity index (χ2n) is 4.27. The number of methoxy groups -OCH3 is 1. The van der Waals surface area contributed by atoms with E-state index in [2.05, 4.69) is 10.3 Å². The van der Waals surface area contributed by atoms with E-state index < -0.39 is 0 Å². The van der Waals surface area contributed by atoms with Crippen LogP contribution in [0.2, 0.25) is 0 Å². The number of aliphatic imine (C=N–C) groups is 1. The van der Waals surface area contributed by atoms with Crippen LogP contribution < -0.4 is 20.5 Å². The van der Waals surface area contributed by atoms with Gasteiger partial charge in [0, 0.05) is 19.8 Å². The molecule has 0 atom stereocenters. The Kier molecular flexibility index (Phi) is 8.79. The van der Waals surface area contributed by atoms with Crippen molar-refractivity contribution in [2.45, 2.75) is 13.3 Å². The summed E-state index contributed by atoms with van der Waals surface area (Å²) in [6.07, 6.45) is 0.874. The van der Waals surface area contributed by atoms with Gasteiger partial charge in [-0.05, 0) is 37.6 Å². The topological polar surface area (TPSA) is 78.1 Å². The number of hydrogen-bond acceptors (Lipinski definition) is 4. The van der Waals surface area contributed by atoms with E-state index in [0.717, 1.165) is 24.5 Å². The predicted octanol–water partition coefficient (Wildman–Crippen LogP) is 1.40. The van der Waals surface area contributed by atoms with Crippen LogP contribution in [0.25, 0.3) is 0 Å². The van der Waals surface area contributed by atoms with Gasteiger partial charge >= 0.3 is 0 Å². The minimum absolute atomic E-state index is 0.435. The lowest BCUT2D eigenvalue weighted by molar-refractivity contribution is 0.146. The average Bonchev–Trinajstić information content (AvgIpc) is 2.52. The van der Waals surface area contributed by atoms with Gasteiger partial charge in [-0.2, -0.15) is 0 Å². The molecule has 0 aromatic heterocycles. The van der Waals surface area contributed by atoms with Crippen molar-refractivity contribution in [1.29, 1.82) is 0 Å². The van der Waals surface area contributed by atoms with Crippen molar-refractivity contribution in [1.82, 2.24) is 5.32 Å². The molecule has 0 fully saturated rings. The van der Waals surface area contributed by atoms with Crippen molar-refractivity contribution in [3.8, 4) is 11.5 Å². The Hall–Kier alpha value is -1.95. The molecule has 0 unspecified atom stereocenters. The summed E-state index contributed by atoms with van der Waals surface area (Å²) in [5.74, 6) is 2.04. The largest absolute Gasteiger partial charge is 0.497 e. The first-order valence-corrected chi connectivity index (χ1v) is 7.14. The molecule has 118 valence electrons. The van der Waals surface area contributed by atoms with Gasteiger partial charge in [0.25, 0.3) is 0 Å². The van der Waals surface area contributed by atoms with Gasteiger partial charge < -0.3 is 25.3 Å². The SMILES string of the molecule is CCOCCCN=C(N)NCCOc1ccc(OC)cc1. The maximum Gasteiger partial charge on any atom is 0.188 e. The van der Waals surface area contributed by atoms with E-state index in [9.17, 15) is 0 Å². The van der Waals surface area contributed by atoms with Crippen LogP contribution in [0, 0.1) is 0 Å². The summed E-state index contributed by atoms with van der Waals surface area (Å²) in [6.45, 7) is 5.21. The Morgan fingerprint density at radius 2 is 1.90 bits per heavy atom. The predicted molar refractivity (Wildman–Crippen MR) is 84.1 cm³/mol. The number of guanidine groups is 1. The molecule has 0 amide bonds. The smallest absolute Gasteiger partial charge is 0.188 e. The molecule has 21 heavy (non-hydrogen) atoms. The zero-order valence-corrected chi connectivity index (χ0v) is 12.8. The van der Waals surface area contributed by atoms with Gasteiger partial charge in [0.2, 0.25) is 0 Å². The van der Waals surface area contributed by atoms with Gasteiger partial charge in [0.15, 0.2) is 5.96 Å². The highest BCUT2D eigenvalue weighted by atomic mass is 16.5. The van der Waals surface area contributed by atoms with Crippen LogP contribution in [0.5, 0.6) is 11.5 Å². The quantitative estimate of drug-likeness (QED) is 0.387. The first kappa shape index (κ1) is 17.1. The lowest BCUT2D eigenvalue weighted by Crippen LogP contribution is -2.34. The van der Waals surface area contributed by atoms with Crippen molar-refractivity contribution in [2.75, 3.05) is 40.0 Å². The van der Waals surface area contributed by atoms with Crippen molar-refractivity contribution in [3.05, 3.63) is 24.3 Å². The van der Waals surface area contributed by atoms with Crippen molar-refractivity contribution >= 4 is 5.96 Å². The van der Waals surface area contributed by atoms with E-state index in [-0.39, 0.29) is 0 Å². The first-order chi connectivity index (χ1) is 10.3. The number of nitrogens with zero attached hydrogens (tertiary/aromatic N) is 1.